The molecule has 36 heavy (non-hydrogen) atoms. The van der Waals surface area contributed by atoms with Gasteiger partial charge >= 0.3 is 0 Å². The quantitative estimate of drug-likeness (QED) is 0.202. The summed E-state index contributed by atoms with van der Waals surface area (Å²) in [6.07, 6.45) is 2.01. The second kappa shape index (κ2) is 11.8. The molecule has 0 saturated heterocycles. The summed E-state index contributed by atoms with van der Waals surface area (Å²) in [4.78, 5) is 11.6. The summed E-state index contributed by atoms with van der Waals surface area (Å²) in [7, 11) is 3.21. The smallest absolute Gasteiger partial charge is 0.274 e. The van der Waals surface area contributed by atoms with E-state index in [4.69, 9.17) is 19.4 Å². The average Bonchev–Trinajstić information content (AvgIpc) is 2.94. The molecule has 7 nitrogen and oxygen atoms in total. The molecule has 4 aromatic rings. The zero-order valence-electron chi connectivity index (χ0n) is 20.2. The number of fused-ring (bicyclic) bond motifs is 1. The zero-order chi connectivity index (χ0) is 25.3. The number of carbonyl (C=O) groups is 1. The van der Waals surface area contributed by atoms with E-state index in [0.717, 1.165) is 33.3 Å². The van der Waals surface area contributed by atoms with E-state index in [2.05, 4.69) is 17.4 Å². The van der Waals surface area contributed by atoms with Gasteiger partial charge in [0.25, 0.3) is 5.91 Å². The third-order valence-electron chi connectivity index (χ3n) is 5.71. The Bertz CT molecular complexity index is 1360. The minimum atomic E-state index is -0.555. The predicted molar refractivity (Wildman–Crippen MR) is 141 cm³/mol. The Morgan fingerprint density at radius 1 is 0.861 bits per heavy atom. The molecular formula is C29H28N2O5. The van der Waals surface area contributed by atoms with Crippen LogP contribution >= 0.6 is 0 Å². The fourth-order valence-electron chi connectivity index (χ4n) is 3.83. The Morgan fingerprint density at radius 3 is 2.36 bits per heavy atom. The van der Waals surface area contributed by atoms with Gasteiger partial charge in [0.1, 0.15) is 12.4 Å². The molecule has 3 N–H and O–H groups in total. The van der Waals surface area contributed by atoms with Gasteiger partial charge in [-0.05, 0) is 46.9 Å². The van der Waals surface area contributed by atoms with Crippen molar-refractivity contribution >= 4 is 28.4 Å². The van der Waals surface area contributed by atoms with E-state index >= 15 is 0 Å². The minimum absolute atomic E-state index is 0.354. The van der Waals surface area contributed by atoms with Crippen molar-refractivity contribution in [1.29, 1.82) is 0 Å². The van der Waals surface area contributed by atoms with E-state index in [9.17, 15) is 4.79 Å². The van der Waals surface area contributed by atoms with Crippen LogP contribution < -0.4 is 25.0 Å². The molecule has 7 heteroatoms. The van der Waals surface area contributed by atoms with Crippen molar-refractivity contribution in [2.24, 2.45) is 0 Å². The van der Waals surface area contributed by atoms with Gasteiger partial charge in [-0.2, -0.15) is 0 Å². The summed E-state index contributed by atoms with van der Waals surface area (Å²) in [5.41, 5.74) is 4.77. The Kier molecular flexibility index (Phi) is 8.05. The first kappa shape index (κ1) is 24.6. The molecule has 0 aliphatic carbocycles. The molecular weight excluding hydrogens is 456 g/mol. The van der Waals surface area contributed by atoms with Crippen molar-refractivity contribution in [2.75, 3.05) is 32.7 Å². The first-order chi connectivity index (χ1) is 17.6. The van der Waals surface area contributed by atoms with Gasteiger partial charge in [0, 0.05) is 29.2 Å². The van der Waals surface area contributed by atoms with Crippen molar-refractivity contribution in [3.8, 4) is 17.2 Å². The van der Waals surface area contributed by atoms with E-state index in [1.807, 2.05) is 66.7 Å². The Hall–Kier alpha value is -4.49. The van der Waals surface area contributed by atoms with Crippen LogP contribution in [0.25, 0.3) is 16.8 Å². The molecule has 0 fully saturated rings. The van der Waals surface area contributed by atoms with Gasteiger partial charge in [0.15, 0.2) is 11.5 Å². The van der Waals surface area contributed by atoms with Crippen molar-refractivity contribution in [3.63, 3.8) is 0 Å². The van der Waals surface area contributed by atoms with E-state index in [0.29, 0.717) is 30.2 Å². The molecule has 4 aromatic carbocycles. The SMILES string of the molecule is COc1ccc(NC/C(=C\c2ccc(C(=O)NO)cc2)COc2cccc3ccccc23)cc1OC. The number of amides is 1. The van der Waals surface area contributed by atoms with Crippen LogP contribution in [0.3, 0.4) is 0 Å². The summed E-state index contributed by atoms with van der Waals surface area (Å²) in [5, 5.41) is 14.4. The number of hydroxylamine groups is 1. The standard InChI is InChI=1S/C29H28N2O5/c1-34-27-15-14-24(17-28(27)35-2)30-18-21(16-20-10-12-23(13-11-20)29(32)31-33)19-36-26-9-5-7-22-6-3-4-8-25(22)26/h3-17,30,33H,18-19H2,1-2H3,(H,31,32)/b21-16+. The lowest BCUT2D eigenvalue weighted by Crippen LogP contribution is -2.18. The molecule has 0 radical (unpaired) electrons. The lowest BCUT2D eigenvalue weighted by atomic mass is 10.1. The highest BCUT2D eigenvalue weighted by Gasteiger charge is 2.08. The third kappa shape index (κ3) is 5.95. The molecule has 0 bridgehead atoms. The molecule has 0 aliphatic rings. The van der Waals surface area contributed by atoms with Gasteiger partial charge in [0.2, 0.25) is 0 Å². The van der Waals surface area contributed by atoms with E-state index < -0.39 is 5.91 Å². The van der Waals surface area contributed by atoms with Crippen molar-refractivity contribution in [1.82, 2.24) is 5.48 Å². The Balaban J connectivity index is 1.57. The van der Waals surface area contributed by atoms with Crippen molar-refractivity contribution in [2.45, 2.75) is 0 Å². The van der Waals surface area contributed by atoms with E-state index in [1.165, 1.54) is 0 Å². The first-order valence-electron chi connectivity index (χ1n) is 11.4. The second-order valence-electron chi connectivity index (χ2n) is 8.05. The summed E-state index contributed by atoms with van der Waals surface area (Å²) in [6.45, 7) is 0.867. The van der Waals surface area contributed by atoms with E-state index in [1.54, 1.807) is 31.8 Å². The summed E-state index contributed by atoms with van der Waals surface area (Å²) >= 11 is 0. The number of methoxy groups -OCH3 is 2. The van der Waals surface area contributed by atoms with Crippen LogP contribution in [-0.4, -0.2) is 38.5 Å². The van der Waals surface area contributed by atoms with Crippen LogP contribution in [-0.2, 0) is 0 Å². The highest BCUT2D eigenvalue weighted by Crippen LogP contribution is 2.30. The molecule has 0 aliphatic heterocycles. The van der Waals surface area contributed by atoms with Gasteiger partial charge in [-0.1, -0.05) is 54.6 Å². The highest BCUT2D eigenvalue weighted by atomic mass is 16.5. The number of anilines is 1. The lowest BCUT2D eigenvalue weighted by Gasteiger charge is -2.15. The minimum Gasteiger partial charge on any atom is -0.493 e. The number of nitrogens with one attached hydrogen (secondary N) is 2. The number of benzene rings is 4. The number of hydrogen-bond donors (Lipinski definition) is 3. The predicted octanol–water partition coefficient (Wildman–Crippen LogP) is 5.55. The molecule has 0 heterocycles. The van der Waals surface area contributed by atoms with Crippen molar-refractivity contribution in [3.05, 3.63) is 102 Å². The summed E-state index contributed by atoms with van der Waals surface area (Å²) in [5.74, 6) is 1.54. The fourth-order valence-corrected chi connectivity index (χ4v) is 3.83. The van der Waals surface area contributed by atoms with Gasteiger partial charge in [-0.25, -0.2) is 5.48 Å². The largest absolute Gasteiger partial charge is 0.493 e. The molecule has 0 aromatic heterocycles. The van der Waals surface area contributed by atoms with Gasteiger partial charge in [-0.3, -0.25) is 10.0 Å². The Morgan fingerprint density at radius 2 is 1.61 bits per heavy atom. The first-order valence-corrected chi connectivity index (χ1v) is 11.4. The van der Waals surface area contributed by atoms with E-state index in [-0.39, 0.29) is 0 Å². The molecule has 4 rings (SSSR count). The van der Waals surface area contributed by atoms with Crippen LogP contribution in [0.4, 0.5) is 5.69 Å². The van der Waals surface area contributed by atoms with Crippen molar-refractivity contribution < 1.29 is 24.2 Å². The molecule has 1 amide bonds. The monoisotopic (exact) mass is 484 g/mol. The van der Waals surface area contributed by atoms with Gasteiger partial charge < -0.3 is 19.5 Å². The highest BCUT2D eigenvalue weighted by molar-refractivity contribution is 5.93. The number of ether oxygens (including phenoxy) is 3. The fraction of sp³-hybridized carbons (Fsp3) is 0.138. The molecule has 0 unspecified atom stereocenters. The second-order valence-corrected chi connectivity index (χ2v) is 8.05. The maximum atomic E-state index is 11.6. The number of carbonyl (C=O) groups excluding carboxylic acids is 1. The topological polar surface area (TPSA) is 89.1 Å². The molecule has 0 saturated carbocycles. The summed E-state index contributed by atoms with van der Waals surface area (Å²) < 4.78 is 17.0. The van der Waals surface area contributed by atoms with Crippen LogP contribution in [0.2, 0.25) is 0 Å². The Labute approximate surface area is 209 Å². The van der Waals surface area contributed by atoms with Gasteiger partial charge in [-0.15, -0.1) is 0 Å². The third-order valence-corrected chi connectivity index (χ3v) is 5.71. The van der Waals surface area contributed by atoms with Crippen LogP contribution in [0.15, 0.2) is 90.5 Å². The van der Waals surface area contributed by atoms with Gasteiger partial charge in [0.05, 0.1) is 14.2 Å². The molecule has 184 valence electrons. The normalized spacial score (nSPS) is 11.1. The summed E-state index contributed by atoms with van der Waals surface area (Å²) in [6, 6.07) is 26.7. The maximum absolute atomic E-state index is 11.6. The van der Waals surface area contributed by atoms with Crippen LogP contribution in [0.5, 0.6) is 17.2 Å². The zero-order valence-corrected chi connectivity index (χ0v) is 20.2. The van der Waals surface area contributed by atoms with Crippen LogP contribution in [0, 0.1) is 0 Å². The average molecular weight is 485 g/mol. The number of rotatable bonds is 10. The van der Waals surface area contributed by atoms with Crippen LogP contribution in [0.1, 0.15) is 15.9 Å². The lowest BCUT2D eigenvalue weighted by molar-refractivity contribution is 0.0706. The number of hydrogen-bond acceptors (Lipinski definition) is 6. The maximum Gasteiger partial charge on any atom is 0.274 e. The molecule has 0 spiro atoms. The molecule has 0 atom stereocenters.